The second kappa shape index (κ2) is 6.01. The van der Waals surface area contributed by atoms with E-state index >= 15 is 0 Å². The summed E-state index contributed by atoms with van der Waals surface area (Å²) in [5.74, 6) is 0.0922. The first-order valence-corrected chi connectivity index (χ1v) is 6.94. The van der Waals surface area contributed by atoms with Crippen molar-refractivity contribution in [3.8, 4) is 0 Å². The van der Waals surface area contributed by atoms with Crippen LogP contribution < -0.4 is 16.4 Å². The first kappa shape index (κ1) is 13.1. The van der Waals surface area contributed by atoms with E-state index in [0.29, 0.717) is 23.9 Å². The Kier molecular flexibility index (Phi) is 4.38. The monoisotopic (exact) mass is 270 g/mol. The van der Waals surface area contributed by atoms with E-state index in [4.69, 9.17) is 10.8 Å². The molecule has 0 aliphatic heterocycles. The summed E-state index contributed by atoms with van der Waals surface area (Å²) in [6.07, 6.45) is 3.76. The molecule has 100 valence electrons. The van der Waals surface area contributed by atoms with Gasteiger partial charge in [0, 0.05) is 19.2 Å². The number of nitrogens with one attached hydrogen (secondary N) is 2. The molecule has 7 heteroatoms. The van der Waals surface area contributed by atoms with Crippen LogP contribution in [0.2, 0.25) is 0 Å². The summed E-state index contributed by atoms with van der Waals surface area (Å²) in [6.45, 7) is 0.691. The Morgan fingerprint density at radius 3 is 2.94 bits per heavy atom. The zero-order valence-electron chi connectivity index (χ0n) is 10.1. The Morgan fingerprint density at radius 2 is 2.28 bits per heavy atom. The third kappa shape index (κ3) is 3.58. The Bertz CT molecular complexity index is 417. The molecule has 0 bridgehead atoms. The highest BCUT2D eigenvalue weighted by Gasteiger charge is 2.24. The van der Waals surface area contributed by atoms with Crippen molar-refractivity contribution in [1.29, 1.82) is 0 Å². The van der Waals surface area contributed by atoms with Crippen molar-refractivity contribution < 1.29 is 9.90 Å². The van der Waals surface area contributed by atoms with Crippen LogP contribution >= 0.6 is 11.3 Å². The Balaban J connectivity index is 1.86. The number of rotatable bonds is 7. The molecule has 1 aliphatic rings. The summed E-state index contributed by atoms with van der Waals surface area (Å²) in [4.78, 5) is 16.4. The quantitative estimate of drug-likeness (QED) is 0.549. The molecule has 1 aromatic rings. The van der Waals surface area contributed by atoms with Gasteiger partial charge in [0.1, 0.15) is 10.7 Å². The number of hydrogen-bond acceptors (Lipinski definition) is 6. The highest BCUT2D eigenvalue weighted by atomic mass is 32.1. The molecule has 5 N–H and O–H groups in total. The van der Waals surface area contributed by atoms with Gasteiger partial charge in [0.15, 0.2) is 5.13 Å². The minimum absolute atomic E-state index is 0.147. The molecule has 1 saturated carbocycles. The molecule has 1 fully saturated rings. The highest BCUT2D eigenvalue weighted by molar-refractivity contribution is 7.18. The number of nitrogen functional groups attached to an aromatic ring is 1. The van der Waals surface area contributed by atoms with Gasteiger partial charge in [-0.3, -0.25) is 4.79 Å². The van der Waals surface area contributed by atoms with Crippen LogP contribution in [-0.4, -0.2) is 35.2 Å². The van der Waals surface area contributed by atoms with Crippen LogP contribution in [0.3, 0.4) is 0 Å². The van der Waals surface area contributed by atoms with Crippen LogP contribution in [0.25, 0.3) is 0 Å². The second-order valence-electron chi connectivity index (χ2n) is 4.34. The molecule has 0 unspecified atom stereocenters. The Hall–Kier alpha value is -1.34. The van der Waals surface area contributed by atoms with Crippen molar-refractivity contribution in [3.05, 3.63) is 4.88 Å². The zero-order valence-corrected chi connectivity index (χ0v) is 10.9. The highest BCUT2D eigenvalue weighted by Crippen LogP contribution is 2.30. The number of thiazole rings is 1. The van der Waals surface area contributed by atoms with Crippen LogP contribution in [-0.2, 0) is 0 Å². The van der Waals surface area contributed by atoms with Crippen LogP contribution in [0.5, 0.6) is 0 Å². The van der Waals surface area contributed by atoms with Gasteiger partial charge in [-0.2, -0.15) is 0 Å². The number of anilines is 2. The van der Waals surface area contributed by atoms with Crippen molar-refractivity contribution in [2.75, 3.05) is 24.2 Å². The minimum atomic E-state index is -0.188. The molecule has 0 saturated heterocycles. The number of aliphatic hydroxyl groups is 1. The fraction of sp³-hybridized carbons (Fsp3) is 0.636. The van der Waals surface area contributed by atoms with Gasteiger partial charge in [0.05, 0.1) is 0 Å². The fourth-order valence-electron chi connectivity index (χ4n) is 1.48. The molecule has 0 atom stereocenters. The molecule has 18 heavy (non-hydrogen) atoms. The number of carbonyl (C=O) groups excluding carboxylic acids is 1. The van der Waals surface area contributed by atoms with Crippen molar-refractivity contribution in [2.24, 2.45) is 0 Å². The third-order valence-electron chi connectivity index (χ3n) is 2.63. The SMILES string of the molecule is Nc1nc(NC2CC2)sc1C(=O)NCCCCO. The van der Waals surface area contributed by atoms with Gasteiger partial charge in [0.25, 0.3) is 5.91 Å². The van der Waals surface area contributed by atoms with Gasteiger partial charge >= 0.3 is 0 Å². The molecular formula is C11H18N4O2S. The van der Waals surface area contributed by atoms with Crippen LogP contribution in [0.15, 0.2) is 0 Å². The first-order valence-electron chi connectivity index (χ1n) is 6.12. The van der Waals surface area contributed by atoms with Crippen LogP contribution in [0.1, 0.15) is 35.4 Å². The van der Waals surface area contributed by atoms with E-state index < -0.39 is 0 Å². The van der Waals surface area contributed by atoms with E-state index in [0.717, 1.165) is 24.4 Å². The molecule has 1 aliphatic carbocycles. The summed E-state index contributed by atoms with van der Waals surface area (Å²) < 4.78 is 0. The summed E-state index contributed by atoms with van der Waals surface area (Å²) in [7, 11) is 0. The summed E-state index contributed by atoms with van der Waals surface area (Å²) >= 11 is 1.29. The lowest BCUT2D eigenvalue weighted by Gasteiger charge is -2.02. The number of unbranched alkanes of at least 4 members (excludes halogenated alkanes) is 1. The van der Waals surface area contributed by atoms with Crippen molar-refractivity contribution in [2.45, 2.75) is 31.7 Å². The molecule has 0 aromatic carbocycles. The van der Waals surface area contributed by atoms with Crippen LogP contribution in [0.4, 0.5) is 10.9 Å². The number of aromatic nitrogens is 1. The first-order chi connectivity index (χ1) is 8.70. The largest absolute Gasteiger partial charge is 0.396 e. The summed E-state index contributed by atoms with van der Waals surface area (Å²) in [5, 5.41) is 15.3. The van der Waals surface area contributed by atoms with Gasteiger partial charge in [-0.15, -0.1) is 0 Å². The lowest BCUT2D eigenvalue weighted by atomic mass is 10.3. The number of nitrogens with two attached hydrogens (primary N) is 1. The smallest absolute Gasteiger partial charge is 0.265 e. The number of amides is 1. The molecule has 6 nitrogen and oxygen atoms in total. The molecule has 0 radical (unpaired) electrons. The maximum absolute atomic E-state index is 11.8. The minimum Gasteiger partial charge on any atom is -0.396 e. The lowest BCUT2D eigenvalue weighted by Crippen LogP contribution is -2.24. The molecule has 1 amide bonds. The zero-order chi connectivity index (χ0) is 13.0. The maximum atomic E-state index is 11.8. The number of aliphatic hydroxyl groups excluding tert-OH is 1. The van der Waals surface area contributed by atoms with Gasteiger partial charge in [-0.25, -0.2) is 4.98 Å². The normalized spacial score (nSPS) is 14.5. The number of nitrogens with zero attached hydrogens (tertiary/aromatic N) is 1. The van der Waals surface area contributed by atoms with E-state index in [-0.39, 0.29) is 18.3 Å². The van der Waals surface area contributed by atoms with E-state index in [1.54, 1.807) is 0 Å². The number of carbonyl (C=O) groups is 1. The lowest BCUT2D eigenvalue weighted by molar-refractivity contribution is 0.0957. The summed E-state index contributed by atoms with van der Waals surface area (Å²) in [5.41, 5.74) is 5.73. The molecule has 1 aromatic heterocycles. The average molecular weight is 270 g/mol. The van der Waals surface area contributed by atoms with Crippen LogP contribution in [0, 0.1) is 0 Å². The van der Waals surface area contributed by atoms with Gasteiger partial charge in [-0.05, 0) is 25.7 Å². The van der Waals surface area contributed by atoms with E-state index in [2.05, 4.69) is 15.6 Å². The van der Waals surface area contributed by atoms with Gasteiger partial charge in [-0.1, -0.05) is 11.3 Å². The Labute approximate surface area is 110 Å². The standard InChI is InChI=1S/C11H18N4O2S/c12-9-8(10(17)13-5-1-2-6-16)18-11(15-9)14-7-3-4-7/h7,16H,1-6,12H2,(H,13,17)(H,14,15). The predicted molar refractivity (Wildman–Crippen MR) is 71.8 cm³/mol. The van der Waals surface area contributed by atoms with E-state index in [1.807, 2.05) is 0 Å². The Morgan fingerprint density at radius 1 is 1.50 bits per heavy atom. The average Bonchev–Trinajstić information content (AvgIpc) is 3.07. The maximum Gasteiger partial charge on any atom is 0.265 e. The van der Waals surface area contributed by atoms with Crippen molar-refractivity contribution in [3.63, 3.8) is 0 Å². The molecule has 2 rings (SSSR count). The summed E-state index contributed by atoms with van der Waals surface area (Å²) in [6, 6.07) is 0.496. The van der Waals surface area contributed by atoms with E-state index in [9.17, 15) is 4.79 Å². The third-order valence-corrected chi connectivity index (χ3v) is 3.64. The molecular weight excluding hydrogens is 252 g/mol. The van der Waals surface area contributed by atoms with E-state index in [1.165, 1.54) is 11.3 Å². The molecule has 1 heterocycles. The second-order valence-corrected chi connectivity index (χ2v) is 5.34. The van der Waals surface area contributed by atoms with Gasteiger partial charge < -0.3 is 21.5 Å². The predicted octanol–water partition coefficient (Wildman–Crippen LogP) is 0.802. The van der Waals surface area contributed by atoms with Crippen molar-refractivity contribution in [1.82, 2.24) is 10.3 Å². The van der Waals surface area contributed by atoms with Gasteiger partial charge in [0.2, 0.25) is 0 Å². The molecule has 0 spiro atoms. The fourth-order valence-corrected chi connectivity index (χ4v) is 2.36. The number of hydrogen-bond donors (Lipinski definition) is 4. The topological polar surface area (TPSA) is 100 Å². The van der Waals surface area contributed by atoms with Crippen molar-refractivity contribution >= 4 is 28.2 Å².